The van der Waals surface area contributed by atoms with E-state index < -0.39 is 0 Å². The molecule has 0 aromatic heterocycles. The van der Waals surface area contributed by atoms with Gasteiger partial charge in [-0.1, -0.05) is 170 Å². The van der Waals surface area contributed by atoms with Gasteiger partial charge >= 0.3 is 0 Å². The largest absolute Gasteiger partial charge is 0.310 e. The second-order valence-electron chi connectivity index (χ2n) is 13.7. The molecule has 0 aliphatic rings. The quantitative estimate of drug-likeness (QED) is 0.159. The lowest BCUT2D eigenvalue weighted by Crippen LogP contribution is -2.10. The van der Waals surface area contributed by atoms with Gasteiger partial charge in [0.1, 0.15) is 0 Å². The maximum Gasteiger partial charge on any atom is 0.0468 e. The van der Waals surface area contributed by atoms with Crippen LogP contribution in [0.4, 0.5) is 17.1 Å². The molecule has 10 rings (SSSR count). The SMILES string of the molecule is c1ccc(-c2ccc(N(c3ccc(-c4cccc(-c5cccc6ccccc56)c4)cc3)c3ccc4c5ccccc5c5ccccc5c4c3)cc2)cc1. The van der Waals surface area contributed by atoms with Gasteiger partial charge in [-0.2, -0.15) is 0 Å². The van der Waals surface area contributed by atoms with Gasteiger partial charge < -0.3 is 4.90 Å². The maximum atomic E-state index is 2.38. The van der Waals surface area contributed by atoms with Crippen molar-refractivity contribution in [1.29, 1.82) is 0 Å². The third kappa shape index (κ3) is 5.51. The van der Waals surface area contributed by atoms with E-state index in [0.717, 1.165) is 17.1 Å². The first-order valence-corrected chi connectivity index (χ1v) is 18.3. The summed E-state index contributed by atoms with van der Waals surface area (Å²) >= 11 is 0. The Morgan fingerprint density at radius 2 is 0.660 bits per heavy atom. The Balaban J connectivity index is 1.09. The number of anilines is 3. The maximum absolute atomic E-state index is 2.38. The van der Waals surface area contributed by atoms with Gasteiger partial charge in [0.25, 0.3) is 0 Å². The van der Waals surface area contributed by atoms with Gasteiger partial charge in [-0.15, -0.1) is 0 Å². The van der Waals surface area contributed by atoms with E-state index in [1.165, 1.54) is 76.5 Å². The molecule has 0 atom stereocenters. The Bertz CT molecular complexity index is 2880. The number of hydrogen-bond acceptors (Lipinski definition) is 1. The molecular formula is C52H35N. The number of rotatable bonds is 6. The third-order valence-corrected chi connectivity index (χ3v) is 10.6. The Morgan fingerprint density at radius 3 is 1.32 bits per heavy atom. The van der Waals surface area contributed by atoms with Crippen LogP contribution in [0.2, 0.25) is 0 Å². The summed E-state index contributed by atoms with van der Waals surface area (Å²) in [5, 5.41) is 10.2. The van der Waals surface area contributed by atoms with Crippen LogP contribution in [0.1, 0.15) is 0 Å². The Morgan fingerprint density at radius 1 is 0.226 bits per heavy atom. The first kappa shape index (κ1) is 30.8. The molecule has 0 spiro atoms. The molecule has 0 amide bonds. The van der Waals surface area contributed by atoms with Gasteiger partial charge in [0.15, 0.2) is 0 Å². The highest BCUT2D eigenvalue weighted by Crippen LogP contribution is 2.42. The van der Waals surface area contributed by atoms with E-state index in [4.69, 9.17) is 0 Å². The first-order chi connectivity index (χ1) is 26.3. The minimum Gasteiger partial charge on any atom is -0.310 e. The van der Waals surface area contributed by atoms with Crippen LogP contribution < -0.4 is 4.90 Å². The number of nitrogens with zero attached hydrogens (tertiary/aromatic N) is 1. The van der Waals surface area contributed by atoms with Crippen molar-refractivity contribution in [2.24, 2.45) is 0 Å². The van der Waals surface area contributed by atoms with E-state index in [-0.39, 0.29) is 0 Å². The van der Waals surface area contributed by atoms with Gasteiger partial charge in [0, 0.05) is 17.1 Å². The van der Waals surface area contributed by atoms with Crippen LogP contribution in [-0.2, 0) is 0 Å². The molecular weight excluding hydrogens is 639 g/mol. The highest BCUT2D eigenvalue weighted by Gasteiger charge is 2.16. The zero-order valence-electron chi connectivity index (χ0n) is 29.2. The summed E-state index contributed by atoms with van der Waals surface area (Å²) in [6.07, 6.45) is 0. The molecule has 248 valence electrons. The molecule has 10 aromatic carbocycles. The molecule has 1 nitrogen and oxygen atoms in total. The highest BCUT2D eigenvalue weighted by molar-refractivity contribution is 6.25. The Kier molecular flexibility index (Phi) is 7.55. The molecule has 0 saturated heterocycles. The van der Waals surface area contributed by atoms with Crippen molar-refractivity contribution < 1.29 is 0 Å². The zero-order valence-corrected chi connectivity index (χ0v) is 29.2. The van der Waals surface area contributed by atoms with Crippen LogP contribution >= 0.6 is 0 Å². The fourth-order valence-corrected chi connectivity index (χ4v) is 8.06. The molecule has 0 bridgehead atoms. The Hall–Kier alpha value is -6.96. The van der Waals surface area contributed by atoms with Crippen molar-refractivity contribution in [2.75, 3.05) is 4.90 Å². The lowest BCUT2D eigenvalue weighted by molar-refractivity contribution is 1.29. The second-order valence-corrected chi connectivity index (χ2v) is 13.7. The standard InChI is InChI=1S/C52H35N/c1-2-12-36(13-3-1)37-24-28-42(29-25-37)53(44-32-33-51-49-21-7-6-19-47(49)48-20-8-9-22-50(48)52(51)35-44)43-30-26-38(27-31-43)40-16-10-17-41(34-40)46-23-11-15-39-14-4-5-18-45(39)46/h1-35H. The summed E-state index contributed by atoms with van der Waals surface area (Å²) in [7, 11) is 0. The lowest BCUT2D eigenvalue weighted by atomic mass is 9.94. The number of hydrogen-bond donors (Lipinski definition) is 0. The Labute approximate surface area is 309 Å². The predicted octanol–water partition coefficient (Wildman–Crippen LogP) is 14.8. The lowest BCUT2D eigenvalue weighted by Gasteiger charge is -2.27. The van der Waals surface area contributed by atoms with Gasteiger partial charge in [0.2, 0.25) is 0 Å². The van der Waals surface area contributed by atoms with E-state index in [9.17, 15) is 0 Å². The van der Waals surface area contributed by atoms with E-state index in [0.29, 0.717) is 0 Å². The van der Waals surface area contributed by atoms with Crippen molar-refractivity contribution in [3.63, 3.8) is 0 Å². The van der Waals surface area contributed by atoms with Crippen LogP contribution in [0.5, 0.6) is 0 Å². The summed E-state index contributed by atoms with van der Waals surface area (Å²) in [5.74, 6) is 0. The van der Waals surface area contributed by atoms with E-state index >= 15 is 0 Å². The van der Waals surface area contributed by atoms with E-state index in [1.807, 2.05) is 0 Å². The number of benzene rings is 10. The van der Waals surface area contributed by atoms with E-state index in [1.54, 1.807) is 0 Å². The molecule has 10 aromatic rings. The van der Waals surface area contributed by atoms with Crippen molar-refractivity contribution in [1.82, 2.24) is 0 Å². The molecule has 0 saturated carbocycles. The molecule has 0 unspecified atom stereocenters. The van der Waals surface area contributed by atoms with Gasteiger partial charge in [0.05, 0.1) is 0 Å². The summed E-state index contributed by atoms with van der Waals surface area (Å²) in [5.41, 5.74) is 10.6. The summed E-state index contributed by atoms with van der Waals surface area (Å²) in [4.78, 5) is 2.38. The van der Waals surface area contributed by atoms with Crippen molar-refractivity contribution >= 4 is 60.2 Å². The van der Waals surface area contributed by atoms with Crippen LogP contribution in [0.15, 0.2) is 212 Å². The molecule has 0 radical (unpaired) electrons. The van der Waals surface area contributed by atoms with Crippen molar-refractivity contribution in [3.8, 4) is 33.4 Å². The fraction of sp³-hybridized carbons (Fsp3) is 0. The third-order valence-electron chi connectivity index (χ3n) is 10.6. The molecule has 0 fully saturated rings. The number of fused-ring (bicyclic) bond motifs is 7. The molecule has 0 heterocycles. The topological polar surface area (TPSA) is 3.24 Å². The summed E-state index contributed by atoms with van der Waals surface area (Å²) < 4.78 is 0. The zero-order chi connectivity index (χ0) is 35.1. The average molecular weight is 674 g/mol. The van der Waals surface area contributed by atoms with Crippen LogP contribution in [-0.4, -0.2) is 0 Å². The normalized spacial score (nSPS) is 11.4. The van der Waals surface area contributed by atoms with Crippen LogP contribution in [0, 0.1) is 0 Å². The fourth-order valence-electron chi connectivity index (χ4n) is 8.06. The summed E-state index contributed by atoms with van der Waals surface area (Å²) in [6, 6.07) is 77.2. The van der Waals surface area contributed by atoms with Gasteiger partial charge in [-0.25, -0.2) is 0 Å². The van der Waals surface area contributed by atoms with Crippen LogP contribution in [0.3, 0.4) is 0 Å². The monoisotopic (exact) mass is 673 g/mol. The van der Waals surface area contributed by atoms with Crippen molar-refractivity contribution in [2.45, 2.75) is 0 Å². The minimum atomic E-state index is 1.11. The predicted molar refractivity (Wildman–Crippen MR) is 227 cm³/mol. The summed E-state index contributed by atoms with van der Waals surface area (Å²) in [6.45, 7) is 0. The van der Waals surface area contributed by atoms with Gasteiger partial charge in [-0.05, 0) is 119 Å². The minimum absolute atomic E-state index is 1.11. The smallest absolute Gasteiger partial charge is 0.0468 e. The highest BCUT2D eigenvalue weighted by atomic mass is 15.1. The molecule has 0 N–H and O–H groups in total. The van der Waals surface area contributed by atoms with Gasteiger partial charge in [-0.3, -0.25) is 0 Å². The molecule has 0 aliphatic heterocycles. The molecule has 53 heavy (non-hydrogen) atoms. The van der Waals surface area contributed by atoms with Crippen LogP contribution in [0.25, 0.3) is 76.5 Å². The molecule has 1 heteroatoms. The second kappa shape index (κ2) is 13.0. The average Bonchev–Trinajstić information content (AvgIpc) is 3.24. The first-order valence-electron chi connectivity index (χ1n) is 18.3. The van der Waals surface area contributed by atoms with E-state index in [2.05, 4.69) is 217 Å². The van der Waals surface area contributed by atoms with Crippen molar-refractivity contribution in [3.05, 3.63) is 212 Å². The molecule has 0 aliphatic carbocycles.